The molecule has 0 bridgehead atoms. The minimum absolute atomic E-state index is 0.0739. The second-order valence-electron chi connectivity index (χ2n) is 8.26. The van der Waals surface area contributed by atoms with Crippen molar-refractivity contribution < 1.29 is 9.53 Å². The molecule has 1 aromatic carbocycles. The highest BCUT2D eigenvalue weighted by molar-refractivity contribution is 7.20. The first-order chi connectivity index (χ1) is 14.5. The minimum Gasteiger partial charge on any atom is -0.492 e. The maximum atomic E-state index is 12.8. The highest BCUT2D eigenvalue weighted by Crippen LogP contribution is 2.39. The van der Waals surface area contributed by atoms with Crippen LogP contribution in [0.5, 0.6) is 5.75 Å². The number of aryl methyl sites for hydroxylation is 2. The summed E-state index contributed by atoms with van der Waals surface area (Å²) >= 11 is 1.52. The first kappa shape index (κ1) is 20.8. The van der Waals surface area contributed by atoms with E-state index in [0.717, 1.165) is 46.9 Å². The molecule has 4 rings (SSSR count). The van der Waals surface area contributed by atoms with Gasteiger partial charge < -0.3 is 9.64 Å². The summed E-state index contributed by atoms with van der Waals surface area (Å²) in [5, 5.41) is 1.13. The van der Waals surface area contributed by atoms with Crippen molar-refractivity contribution in [2.75, 3.05) is 40.3 Å². The van der Waals surface area contributed by atoms with Crippen LogP contribution in [-0.4, -0.2) is 61.0 Å². The molecular weight excluding hydrogens is 394 g/mol. The molecule has 30 heavy (non-hydrogen) atoms. The topological polar surface area (TPSA) is 45.7 Å². The maximum Gasteiger partial charge on any atom is 0.263 e. The van der Waals surface area contributed by atoms with E-state index in [2.05, 4.69) is 48.0 Å². The number of amides is 1. The Balaban J connectivity index is 1.47. The van der Waals surface area contributed by atoms with Gasteiger partial charge in [-0.05, 0) is 49.6 Å². The number of thiophene rings is 1. The summed E-state index contributed by atoms with van der Waals surface area (Å²) in [6.45, 7) is 7.72. The fourth-order valence-corrected chi connectivity index (χ4v) is 5.54. The van der Waals surface area contributed by atoms with Crippen molar-refractivity contribution in [2.45, 2.75) is 26.2 Å². The zero-order chi connectivity index (χ0) is 21.3. The van der Waals surface area contributed by atoms with E-state index in [-0.39, 0.29) is 5.91 Å². The van der Waals surface area contributed by atoms with E-state index in [1.807, 2.05) is 20.2 Å². The number of rotatable bonds is 6. The number of nitrogens with zero attached hydrogens (tertiary/aromatic N) is 3. The molecule has 0 spiro atoms. The molecule has 1 amide bonds. The predicted molar refractivity (Wildman–Crippen MR) is 123 cm³/mol. The van der Waals surface area contributed by atoms with Crippen molar-refractivity contribution in [2.24, 2.45) is 0 Å². The van der Waals surface area contributed by atoms with Crippen LogP contribution >= 0.6 is 11.3 Å². The highest BCUT2D eigenvalue weighted by atomic mass is 32.1. The molecule has 1 fully saturated rings. The molecule has 3 aromatic rings. The fourth-order valence-electron chi connectivity index (χ4n) is 4.29. The van der Waals surface area contributed by atoms with Gasteiger partial charge in [0.25, 0.3) is 5.91 Å². The van der Waals surface area contributed by atoms with E-state index in [4.69, 9.17) is 4.74 Å². The molecule has 1 saturated heterocycles. The number of ether oxygens (including phenoxy) is 1. The lowest BCUT2D eigenvalue weighted by molar-refractivity contribution is 0.0831. The van der Waals surface area contributed by atoms with E-state index in [1.54, 1.807) is 11.1 Å². The molecule has 0 N–H and O–H groups in total. The number of aromatic nitrogens is 1. The lowest BCUT2D eigenvalue weighted by Crippen LogP contribution is -2.26. The van der Waals surface area contributed by atoms with Crippen molar-refractivity contribution in [1.29, 1.82) is 0 Å². The summed E-state index contributed by atoms with van der Waals surface area (Å²) < 4.78 is 6.11. The van der Waals surface area contributed by atoms with Gasteiger partial charge in [0.2, 0.25) is 0 Å². The van der Waals surface area contributed by atoms with E-state index < -0.39 is 0 Å². The van der Waals surface area contributed by atoms with Crippen LogP contribution in [0.1, 0.15) is 38.7 Å². The van der Waals surface area contributed by atoms with Gasteiger partial charge in [0.15, 0.2) is 0 Å². The largest absolute Gasteiger partial charge is 0.492 e. The lowest BCUT2D eigenvalue weighted by atomic mass is 9.95. The Bertz CT molecular complexity index is 1040. The Morgan fingerprint density at radius 3 is 2.73 bits per heavy atom. The van der Waals surface area contributed by atoms with Crippen LogP contribution in [0.15, 0.2) is 36.5 Å². The first-order valence-corrected chi connectivity index (χ1v) is 11.3. The van der Waals surface area contributed by atoms with Crippen molar-refractivity contribution in [1.82, 2.24) is 14.8 Å². The lowest BCUT2D eigenvalue weighted by Gasteiger charge is -2.19. The van der Waals surface area contributed by atoms with Crippen molar-refractivity contribution in [3.63, 3.8) is 0 Å². The van der Waals surface area contributed by atoms with E-state index in [9.17, 15) is 4.79 Å². The average molecular weight is 424 g/mol. The number of para-hydroxylation sites is 1. The van der Waals surface area contributed by atoms with Crippen LogP contribution in [0, 0.1) is 13.8 Å². The molecule has 158 valence electrons. The van der Waals surface area contributed by atoms with E-state index in [0.29, 0.717) is 12.5 Å². The normalized spacial score (nSPS) is 16.9. The highest BCUT2D eigenvalue weighted by Gasteiger charge is 2.31. The standard InChI is InChI=1S/C24H29N3O2S/c1-16-7-5-8-17(2)21(16)29-14-13-27-12-10-18(15-27)20-19-9-6-11-25-23(19)30-22(20)24(28)26(3)4/h5-9,11,18H,10,12-15H2,1-4H3/t18-/m1/s1. The zero-order valence-corrected chi connectivity index (χ0v) is 19.0. The van der Waals surface area contributed by atoms with Gasteiger partial charge in [-0.2, -0.15) is 0 Å². The third kappa shape index (κ3) is 4.07. The Morgan fingerprint density at radius 2 is 2.00 bits per heavy atom. The Morgan fingerprint density at radius 1 is 1.23 bits per heavy atom. The molecule has 3 heterocycles. The SMILES string of the molecule is Cc1cccc(C)c1OCCN1CC[C@@H](c2c(C(=O)N(C)C)sc3ncccc23)C1. The summed E-state index contributed by atoms with van der Waals surface area (Å²) in [5.41, 5.74) is 3.54. The van der Waals surface area contributed by atoms with Gasteiger partial charge in [-0.25, -0.2) is 4.98 Å². The number of pyridine rings is 1. The van der Waals surface area contributed by atoms with Crippen LogP contribution < -0.4 is 4.74 Å². The van der Waals surface area contributed by atoms with Crippen molar-refractivity contribution in [3.05, 3.63) is 58.1 Å². The summed E-state index contributed by atoms with van der Waals surface area (Å²) in [7, 11) is 3.63. The number of hydrogen-bond acceptors (Lipinski definition) is 5. The molecule has 1 aliphatic heterocycles. The molecule has 1 atom stereocenters. The fraction of sp³-hybridized carbons (Fsp3) is 0.417. The maximum absolute atomic E-state index is 12.8. The second-order valence-corrected chi connectivity index (χ2v) is 9.26. The molecule has 0 saturated carbocycles. The third-order valence-electron chi connectivity index (χ3n) is 5.85. The molecule has 6 heteroatoms. The van der Waals surface area contributed by atoms with Crippen LogP contribution in [0.3, 0.4) is 0 Å². The number of benzene rings is 1. The number of hydrogen-bond donors (Lipinski definition) is 0. The van der Waals surface area contributed by atoms with Crippen LogP contribution in [0.2, 0.25) is 0 Å². The Labute approximate surface area is 182 Å². The molecule has 0 unspecified atom stereocenters. The van der Waals surface area contributed by atoms with Gasteiger partial charge in [0.1, 0.15) is 17.2 Å². The number of carbonyl (C=O) groups excluding carboxylic acids is 1. The molecule has 0 aliphatic carbocycles. The zero-order valence-electron chi connectivity index (χ0n) is 18.1. The second kappa shape index (κ2) is 8.74. The molecule has 1 aliphatic rings. The summed E-state index contributed by atoms with van der Waals surface area (Å²) in [6, 6.07) is 10.3. The van der Waals surface area contributed by atoms with E-state index in [1.165, 1.54) is 28.0 Å². The number of likely N-dealkylation sites (tertiary alicyclic amines) is 1. The molecule has 5 nitrogen and oxygen atoms in total. The smallest absolute Gasteiger partial charge is 0.263 e. The van der Waals surface area contributed by atoms with Gasteiger partial charge >= 0.3 is 0 Å². The van der Waals surface area contributed by atoms with Crippen LogP contribution in [-0.2, 0) is 0 Å². The quantitative estimate of drug-likeness (QED) is 0.586. The third-order valence-corrected chi connectivity index (χ3v) is 6.97. The summed E-state index contributed by atoms with van der Waals surface area (Å²) in [6.07, 6.45) is 2.86. The van der Waals surface area contributed by atoms with Gasteiger partial charge in [-0.3, -0.25) is 9.69 Å². The molecule has 0 radical (unpaired) electrons. The monoisotopic (exact) mass is 423 g/mol. The summed E-state index contributed by atoms with van der Waals surface area (Å²) in [4.78, 5) is 23.3. The van der Waals surface area contributed by atoms with Gasteiger partial charge in [0, 0.05) is 44.7 Å². The average Bonchev–Trinajstić information content (AvgIpc) is 3.33. The van der Waals surface area contributed by atoms with Crippen molar-refractivity contribution >= 4 is 27.5 Å². The predicted octanol–water partition coefficient (Wildman–Crippen LogP) is 4.48. The van der Waals surface area contributed by atoms with Gasteiger partial charge in [0.05, 0.1) is 4.88 Å². The Kier molecular flexibility index (Phi) is 6.06. The number of fused-ring (bicyclic) bond motifs is 1. The molecule has 2 aromatic heterocycles. The van der Waals surface area contributed by atoms with Gasteiger partial charge in [-0.1, -0.05) is 24.3 Å². The van der Waals surface area contributed by atoms with Crippen molar-refractivity contribution in [3.8, 4) is 5.75 Å². The summed E-state index contributed by atoms with van der Waals surface area (Å²) in [5.74, 6) is 1.42. The molecular formula is C24H29N3O2S. The van der Waals surface area contributed by atoms with Gasteiger partial charge in [-0.15, -0.1) is 11.3 Å². The first-order valence-electron chi connectivity index (χ1n) is 10.5. The number of carbonyl (C=O) groups is 1. The minimum atomic E-state index is 0.0739. The Hall–Kier alpha value is -2.44. The van der Waals surface area contributed by atoms with E-state index >= 15 is 0 Å². The van der Waals surface area contributed by atoms with Crippen LogP contribution in [0.4, 0.5) is 0 Å². The van der Waals surface area contributed by atoms with Crippen LogP contribution in [0.25, 0.3) is 10.2 Å².